The van der Waals surface area contributed by atoms with Crippen LogP contribution in [0.4, 0.5) is 0 Å². The van der Waals surface area contributed by atoms with Crippen LogP contribution in [0, 0.1) is 6.92 Å². The summed E-state index contributed by atoms with van der Waals surface area (Å²) in [7, 11) is 4.07. The van der Waals surface area contributed by atoms with Crippen molar-refractivity contribution in [1.29, 1.82) is 0 Å². The number of nitrogens with zero attached hydrogens (tertiary/aromatic N) is 3. The number of rotatable bonds is 6. The van der Waals surface area contributed by atoms with Gasteiger partial charge in [0.05, 0.1) is 6.20 Å². The molecule has 0 radical (unpaired) electrons. The molecule has 0 spiro atoms. The van der Waals surface area contributed by atoms with Crippen molar-refractivity contribution in [1.82, 2.24) is 20.0 Å². The quantitative estimate of drug-likeness (QED) is 0.877. The lowest BCUT2D eigenvalue weighted by atomic mass is 10.1. The molecular formula is C16H22N4O. The molecule has 112 valence electrons. The Bertz CT molecular complexity index is 604. The minimum Gasteiger partial charge on any atom is -0.350 e. The highest BCUT2D eigenvalue weighted by atomic mass is 16.2. The zero-order valence-corrected chi connectivity index (χ0v) is 12.8. The summed E-state index contributed by atoms with van der Waals surface area (Å²) >= 11 is 0. The Kier molecular flexibility index (Phi) is 5.11. The number of benzene rings is 1. The van der Waals surface area contributed by atoms with Crippen molar-refractivity contribution in [2.45, 2.75) is 26.6 Å². The second-order valence-corrected chi connectivity index (χ2v) is 5.50. The highest BCUT2D eigenvalue weighted by Crippen LogP contribution is 2.10. The fraction of sp³-hybridized carbons (Fsp3) is 0.375. The lowest BCUT2D eigenvalue weighted by Crippen LogP contribution is -2.28. The second kappa shape index (κ2) is 7.04. The summed E-state index contributed by atoms with van der Waals surface area (Å²) in [4.78, 5) is 14.1. The average Bonchev–Trinajstić information content (AvgIpc) is 2.82. The van der Waals surface area contributed by atoms with E-state index >= 15 is 0 Å². The average molecular weight is 286 g/mol. The normalized spacial score (nSPS) is 10.9. The van der Waals surface area contributed by atoms with Crippen molar-refractivity contribution in [3.8, 4) is 0 Å². The predicted molar refractivity (Wildman–Crippen MR) is 82.6 cm³/mol. The van der Waals surface area contributed by atoms with Crippen molar-refractivity contribution >= 4 is 5.91 Å². The lowest BCUT2D eigenvalue weighted by Gasteiger charge is -2.14. The smallest absolute Gasteiger partial charge is 0.241 e. The van der Waals surface area contributed by atoms with Crippen LogP contribution in [0.5, 0.6) is 0 Å². The summed E-state index contributed by atoms with van der Waals surface area (Å²) in [5.74, 6) is -0.0299. The van der Waals surface area contributed by atoms with Crippen LogP contribution in [0.3, 0.4) is 0 Å². The summed E-state index contributed by atoms with van der Waals surface area (Å²) in [5.41, 5.74) is 3.44. The number of carbonyl (C=O) groups is 1. The third-order valence-corrected chi connectivity index (χ3v) is 3.15. The molecule has 1 N–H and O–H groups in total. The van der Waals surface area contributed by atoms with Gasteiger partial charge in [0.25, 0.3) is 0 Å². The van der Waals surface area contributed by atoms with Gasteiger partial charge in [0.2, 0.25) is 5.91 Å². The molecule has 5 heteroatoms. The van der Waals surface area contributed by atoms with E-state index < -0.39 is 0 Å². The van der Waals surface area contributed by atoms with E-state index in [0.717, 1.165) is 17.7 Å². The van der Waals surface area contributed by atoms with E-state index in [9.17, 15) is 4.79 Å². The molecule has 1 heterocycles. The third-order valence-electron chi connectivity index (χ3n) is 3.15. The molecular weight excluding hydrogens is 264 g/mol. The van der Waals surface area contributed by atoms with Gasteiger partial charge in [-0.05, 0) is 37.7 Å². The van der Waals surface area contributed by atoms with Crippen LogP contribution in [0.15, 0.2) is 36.7 Å². The molecule has 21 heavy (non-hydrogen) atoms. The number of aromatic nitrogens is 2. The molecule has 1 aromatic carbocycles. The van der Waals surface area contributed by atoms with Crippen molar-refractivity contribution in [3.05, 3.63) is 53.3 Å². The first kappa shape index (κ1) is 15.3. The van der Waals surface area contributed by atoms with Crippen molar-refractivity contribution in [2.24, 2.45) is 0 Å². The highest BCUT2D eigenvalue weighted by Gasteiger charge is 2.06. The van der Waals surface area contributed by atoms with Crippen molar-refractivity contribution in [2.75, 3.05) is 14.1 Å². The van der Waals surface area contributed by atoms with Gasteiger partial charge in [-0.2, -0.15) is 5.10 Å². The van der Waals surface area contributed by atoms with E-state index in [1.165, 1.54) is 5.56 Å². The minimum absolute atomic E-state index is 0.0299. The Morgan fingerprint density at radius 2 is 2.00 bits per heavy atom. The monoisotopic (exact) mass is 286 g/mol. The fourth-order valence-corrected chi connectivity index (χ4v) is 2.18. The van der Waals surface area contributed by atoms with Crippen LogP contribution in [-0.4, -0.2) is 34.7 Å². The molecule has 0 saturated carbocycles. The maximum absolute atomic E-state index is 11.9. The molecule has 0 bridgehead atoms. The Morgan fingerprint density at radius 1 is 1.29 bits per heavy atom. The van der Waals surface area contributed by atoms with E-state index in [2.05, 4.69) is 27.4 Å². The highest BCUT2D eigenvalue weighted by molar-refractivity contribution is 5.75. The van der Waals surface area contributed by atoms with E-state index in [4.69, 9.17) is 0 Å². The molecule has 0 fully saturated rings. The molecule has 5 nitrogen and oxygen atoms in total. The number of aryl methyl sites for hydroxylation is 1. The van der Waals surface area contributed by atoms with Gasteiger partial charge in [0.15, 0.2) is 0 Å². The molecule has 1 aromatic heterocycles. The van der Waals surface area contributed by atoms with Gasteiger partial charge >= 0.3 is 0 Å². The molecule has 0 aliphatic rings. The SMILES string of the molecule is Cc1cnn(CC(=O)NCc2ccccc2CN(C)C)c1. The first-order valence-corrected chi connectivity index (χ1v) is 7.02. The Morgan fingerprint density at radius 3 is 2.62 bits per heavy atom. The van der Waals surface area contributed by atoms with E-state index in [1.807, 2.05) is 39.3 Å². The number of nitrogens with one attached hydrogen (secondary N) is 1. The van der Waals surface area contributed by atoms with Crippen LogP contribution in [0.25, 0.3) is 0 Å². The van der Waals surface area contributed by atoms with Gasteiger partial charge in [-0.1, -0.05) is 24.3 Å². The zero-order chi connectivity index (χ0) is 15.2. The van der Waals surface area contributed by atoms with Crippen LogP contribution in [0.2, 0.25) is 0 Å². The molecule has 0 aliphatic heterocycles. The van der Waals surface area contributed by atoms with Crippen LogP contribution < -0.4 is 5.32 Å². The summed E-state index contributed by atoms with van der Waals surface area (Å²) in [6.07, 6.45) is 3.61. The van der Waals surface area contributed by atoms with E-state index in [1.54, 1.807) is 10.9 Å². The van der Waals surface area contributed by atoms with E-state index in [-0.39, 0.29) is 12.5 Å². The third kappa shape index (κ3) is 4.72. The summed E-state index contributed by atoms with van der Waals surface area (Å²) in [6, 6.07) is 8.17. The lowest BCUT2D eigenvalue weighted by molar-refractivity contribution is -0.122. The van der Waals surface area contributed by atoms with Gasteiger partial charge < -0.3 is 10.2 Å². The standard InChI is InChI=1S/C16H22N4O/c1-13-8-18-20(10-13)12-16(21)17-9-14-6-4-5-7-15(14)11-19(2)3/h4-8,10H,9,11-12H2,1-3H3,(H,17,21). The first-order chi connectivity index (χ1) is 10.0. The number of carbonyl (C=O) groups excluding carboxylic acids is 1. The number of hydrogen-bond donors (Lipinski definition) is 1. The Balaban J connectivity index is 1.92. The molecule has 2 rings (SSSR count). The summed E-state index contributed by atoms with van der Waals surface area (Å²) < 4.78 is 1.65. The van der Waals surface area contributed by atoms with Gasteiger partial charge in [-0.15, -0.1) is 0 Å². The largest absolute Gasteiger partial charge is 0.350 e. The summed E-state index contributed by atoms with van der Waals surface area (Å²) in [6.45, 7) is 3.62. The molecule has 2 aromatic rings. The van der Waals surface area contributed by atoms with Crippen LogP contribution >= 0.6 is 0 Å². The topological polar surface area (TPSA) is 50.2 Å². The minimum atomic E-state index is -0.0299. The first-order valence-electron chi connectivity index (χ1n) is 7.02. The molecule has 0 atom stereocenters. The van der Waals surface area contributed by atoms with Crippen molar-refractivity contribution < 1.29 is 4.79 Å². The maximum atomic E-state index is 11.9. The van der Waals surface area contributed by atoms with Gasteiger partial charge in [-0.3, -0.25) is 9.48 Å². The van der Waals surface area contributed by atoms with Crippen LogP contribution in [-0.2, 0) is 24.4 Å². The van der Waals surface area contributed by atoms with Gasteiger partial charge in [0.1, 0.15) is 6.54 Å². The van der Waals surface area contributed by atoms with Gasteiger partial charge in [-0.25, -0.2) is 0 Å². The van der Waals surface area contributed by atoms with Gasteiger partial charge in [0, 0.05) is 19.3 Å². The molecule has 1 amide bonds. The maximum Gasteiger partial charge on any atom is 0.241 e. The van der Waals surface area contributed by atoms with E-state index in [0.29, 0.717) is 6.54 Å². The zero-order valence-electron chi connectivity index (χ0n) is 12.8. The molecule has 0 aliphatic carbocycles. The number of amides is 1. The second-order valence-electron chi connectivity index (χ2n) is 5.50. The molecule has 0 unspecified atom stereocenters. The predicted octanol–water partition coefficient (Wildman–Crippen LogP) is 1.57. The summed E-state index contributed by atoms with van der Waals surface area (Å²) in [5, 5.41) is 7.07. The molecule has 0 saturated heterocycles. The fourth-order valence-electron chi connectivity index (χ4n) is 2.18. The number of hydrogen-bond acceptors (Lipinski definition) is 3. The Hall–Kier alpha value is -2.14. The van der Waals surface area contributed by atoms with Crippen molar-refractivity contribution in [3.63, 3.8) is 0 Å². The Labute approximate surface area is 125 Å². The van der Waals surface area contributed by atoms with Crippen LogP contribution in [0.1, 0.15) is 16.7 Å².